The predicted molar refractivity (Wildman–Crippen MR) is 88.0 cm³/mol. The minimum atomic E-state index is -0.271. The van der Waals surface area contributed by atoms with Crippen LogP contribution in [0.2, 0.25) is 5.15 Å². The van der Waals surface area contributed by atoms with E-state index in [4.69, 9.17) is 16.3 Å². The van der Waals surface area contributed by atoms with Crippen LogP contribution in [0.1, 0.15) is 28.8 Å². The topological polar surface area (TPSA) is 73.4 Å². The molecule has 8 heteroatoms. The van der Waals surface area contributed by atoms with Gasteiger partial charge in [-0.1, -0.05) is 17.7 Å². The van der Waals surface area contributed by atoms with E-state index < -0.39 is 0 Å². The highest BCUT2D eigenvalue weighted by Crippen LogP contribution is 2.28. The van der Waals surface area contributed by atoms with Crippen LogP contribution in [0.5, 0.6) is 0 Å². The first kappa shape index (κ1) is 15.2. The van der Waals surface area contributed by atoms with Crippen molar-refractivity contribution >= 4 is 23.2 Å². The van der Waals surface area contributed by atoms with E-state index in [0.29, 0.717) is 17.9 Å². The highest BCUT2D eigenvalue weighted by molar-refractivity contribution is 6.32. The number of carbonyl (C=O) groups is 1. The first-order valence-electron chi connectivity index (χ1n) is 7.67. The maximum Gasteiger partial charge on any atom is 0.271 e. The summed E-state index contributed by atoms with van der Waals surface area (Å²) >= 11 is 6.17. The second-order valence-electron chi connectivity index (χ2n) is 5.74. The van der Waals surface area contributed by atoms with Gasteiger partial charge in [-0.25, -0.2) is 9.97 Å². The molecule has 0 saturated carbocycles. The average molecular weight is 346 g/mol. The summed E-state index contributed by atoms with van der Waals surface area (Å²) in [5.41, 5.74) is 0.966. The molecule has 0 bridgehead atoms. The smallest absolute Gasteiger partial charge is 0.271 e. The molecule has 3 aromatic rings. The minimum Gasteiger partial charge on any atom is -0.368 e. The normalized spacial score (nSPS) is 20.6. The number of hydrogen-bond acceptors (Lipinski definition) is 4. The molecule has 0 spiro atoms. The van der Waals surface area contributed by atoms with E-state index in [1.165, 1.54) is 0 Å². The van der Waals surface area contributed by atoms with Crippen LogP contribution >= 0.6 is 11.6 Å². The molecule has 1 aliphatic rings. The maximum absolute atomic E-state index is 12.8. The van der Waals surface area contributed by atoms with Crippen molar-refractivity contribution in [2.45, 2.75) is 18.6 Å². The standard InChI is InChI=1S/C16H16ClN5O2/c1-21-8-6-18-15(21)13-10(5-9-24-13)19-16(23)12-14(17)20-11-4-2-3-7-22(11)12/h2-4,6-8,10,13H,5,9H2,1H3,(H,19,23)/t10-,13-/m0/s1. The monoisotopic (exact) mass is 345 g/mol. The van der Waals surface area contributed by atoms with E-state index in [1.807, 2.05) is 29.9 Å². The zero-order chi connectivity index (χ0) is 16.7. The molecule has 1 amide bonds. The van der Waals surface area contributed by atoms with Crippen LogP contribution in [0.3, 0.4) is 0 Å². The molecule has 0 aliphatic carbocycles. The highest BCUT2D eigenvalue weighted by atomic mass is 35.5. The van der Waals surface area contributed by atoms with Crippen molar-refractivity contribution in [1.82, 2.24) is 24.3 Å². The number of hydrogen-bond donors (Lipinski definition) is 1. The molecular formula is C16H16ClN5O2. The molecule has 4 rings (SSSR count). The molecule has 0 unspecified atom stereocenters. The number of imidazole rings is 2. The molecule has 24 heavy (non-hydrogen) atoms. The number of halogens is 1. The van der Waals surface area contributed by atoms with Gasteiger partial charge in [-0.2, -0.15) is 0 Å². The third kappa shape index (κ3) is 2.46. The molecule has 3 aromatic heterocycles. The van der Waals surface area contributed by atoms with E-state index in [9.17, 15) is 4.79 Å². The number of amides is 1. The summed E-state index contributed by atoms with van der Waals surface area (Å²) in [6, 6.07) is 5.32. The van der Waals surface area contributed by atoms with E-state index in [-0.39, 0.29) is 23.2 Å². The first-order valence-corrected chi connectivity index (χ1v) is 8.05. The molecule has 2 atom stereocenters. The zero-order valence-corrected chi connectivity index (χ0v) is 13.8. The largest absolute Gasteiger partial charge is 0.368 e. The van der Waals surface area contributed by atoms with Gasteiger partial charge in [-0.05, 0) is 18.6 Å². The van der Waals surface area contributed by atoms with Gasteiger partial charge in [0.1, 0.15) is 17.6 Å². The number of nitrogens with zero attached hydrogens (tertiary/aromatic N) is 4. The Hall–Kier alpha value is -2.38. The van der Waals surface area contributed by atoms with Crippen LogP contribution < -0.4 is 5.32 Å². The third-order valence-electron chi connectivity index (χ3n) is 4.22. The Labute approximate surface area is 143 Å². The van der Waals surface area contributed by atoms with E-state index in [1.54, 1.807) is 22.9 Å². The lowest BCUT2D eigenvalue weighted by Crippen LogP contribution is -2.38. The lowest BCUT2D eigenvalue weighted by molar-refractivity contribution is 0.0776. The van der Waals surface area contributed by atoms with Crippen molar-refractivity contribution in [1.29, 1.82) is 0 Å². The summed E-state index contributed by atoms with van der Waals surface area (Å²) < 4.78 is 9.36. The zero-order valence-electron chi connectivity index (χ0n) is 13.0. The van der Waals surface area contributed by atoms with Crippen molar-refractivity contribution in [3.8, 4) is 0 Å². The number of nitrogens with one attached hydrogen (secondary N) is 1. The highest BCUT2D eigenvalue weighted by Gasteiger charge is 2.34. The van der Waals surface area contributed by atoms with Gasteiger partial charge < -0.3 is 14.6 Å². The molecular weight excluding hydrogens is 330 g/mol. The van der Waals surface area contributed by atoms with Gasteiger partial charge >= 0.3 is 0 Å². The Balaban J connectivity index is 1.61. The summed E-state index contributed by atoms with van der Waals surface area (Å²) in [5, 5.41) is 3.20. The fourth-order valence-electron chi connectivity index (χ4n) is 3.05. The van der Waals surface area contributed by atoms with Crippen molar-refractivity contribution in [3.63, 3.8) is 0 Å². The van der Waals surface area contributed by atoms with Gasteiger partial charge in [0.2, 0.25) is 0 Å². The Bertz CT molecular complexity index is 903. The molecule has 7 nitrogen and oxygen atoms in total. The van der Waals surface area contributed by atoms with Crippen LogP contribution in [0.4, 0.5) is 0 Å². The molecule has 0 aromatic carbocycles. The predicted octanol–water partition coefficient (Wildman–Crippen LogP) is 1.98. The summed E-state index contributed by atoms with van der Waals surface area (Å²) in [7, 11) is 1.91. The number of rotatable bonds is 3. The van der Waals surface area contributed by atoms with Gasteiger partial charge in [-0.15, -0.1) is 0 Å². The lowest BCUT2D eigenvalue weighted by Gasteiger charge is -2.19. The molecule has 1 N–H and O–H groups in total. The van der Waals surface area contributed by atoms with Crippen LogP contribution in [-0.4, -0.2) is 37.5 Å². The Morgan fingerprint density at radius 3 is 3.08 bits per heavy atom. The van der Waals surface area contributed by atoms with E-state index in [2.05, 4.69) is 15.3 Å². The minimum absolute atomic E-state index is 0.163. The number of pyridine rings is 1. The number of aryl methyl sites for hydroxylation is 1. The van der Waals surface area contributed by atoms with Crippen molar-refractivity contribution in [3.05, 3.63) is 53.5 Å². The molecule has 124 valence electrons. The maximum atomic E-state index is 12.8. The number of carbonyl (C=O) groups excluding carboxylic acids is 1. The SMILES string of the molecule is Cn1ccnc1[C@H]1OCC[C@@H]1NC(=O)c1c(Cl)nc2ccccn12. The van der Waals surface area contributed by atoms with E-state index in [0.717, 1.165) is 12.2 Å². The van der Waals surface area contributed by atoms with Gasteiger partial charge in [0.25, 0.3) is 5.91 Å². The fraction of sp³-hybridized carbons (Fsp3) is 0.312. The van der Waals surface area contributed by atoms with Crippen molar-refractivity contribution < 1.29 is 9.53 Å². The molecule has 1 saturated heterocycles. The number of fused-ring (bicyclic) bond motifs is 1. The summed E-state index contributed by atoms with van der Waals surface area (Å²) in [5.74, 6) is 0.524. The first-order chi connectivity index (χ1) is 11.6. The van der Waals surface area contributed by atoms with Crippen molar-refractivity contribution in [2.24, 2.45) is 7.05 Å². The Morgan fingerprint density at radius 2 is 2.29 bits per heavy atom. The van der Waals surface area contributed by atoms with Gasteiger partial charge in [0.05, 0.1) is 6.04 Å². The Morgan fingerprint density at radius 1 is 1.42 bits per heavy atom. The Kier molecular flexibility index (Phi) is 3.74. The molecule has 4 heterocycles. The second kappa shape index (κ2) is 5.92. The van der Waals surface area contributed by atoms with Gasteiger partial charge in [-0.3, -0.25) is 9.20 Å². The summed E-state index contributed by atoms with van der Waals surface area (Å²) in [6.07, 6.45) is 5.79. The van der Waals surface area contributed by atoms with Crippen LogP contribution in [0.15, 0.2) is 36.8 Å². The third-order valence-corrected chi connectivity index (χ3v) is 4.49. The molecule has 0 radical (unpaired) electrons. The lowest BCUT2D eigenvalue weighted by atomic mass is 10.1. The number of ether oxygens (including phenoxy) is 1. The number of aromatic nitrogens is 4. The van der Waals surface area contributed by atoms with Crippen molar-refractivity contribution in [2.75, 3.05) is 6.61 Å². The van der Waals surface area contributed by atoms with Crippen LogP contribution in [0, 0.1) is 0 Å². The molecule has 1 fully saturated rings. The van der Waals surface area contributed by atoms with Gasteiger partial charge in [0.15, 0.2) is 10.8 Å². The molecule has 1 aliphatic heterocycles. The quantitative estimate of drug-likeness (QED) is 0.787. The van der Waals surface area contributed by atoms with Crippen LogP contribution in [0.25, 0.3) is 5.65 Å². The van der Waals surface area contributed by atoms with Gasteiger partial charge in [0, 0.05) is 32.2 Å². The fourth-order valence-corrected chi connectivity index (χ4v) is 3.31. The van der Waals surface area contributed by atoms with E-state index >= 15 is 0 Å². The van der Waals surface area contributed by atoms with Crippen LogP contribution in [-0.2, 0) is 11.8 Å². The average Bonchev–Trinajstić information content (AvgIpc) is 3.24. The summed E-state index contributed by atoms with van der Waals surface area (Å²) in [6.45, 7) is 0.573. The summed E-state index contributed by atoms with van der Waals surface area (Å²) in [4.78, 5) is 21.3. The second-order valence-corrected chi connectivity index (χ2v) is 6.09.